The molecule has 31 heavy (non-hydrogen) atoms. The van der Waals surface area contributed by atoms with Gasteiger partial charge in [0.25, 0.3) is 0 Å². The van der Waals surface area contributed by atoms with Gasteiger partial charge in [-0.2, -0.15) is 4.98 Å². The first-order valence-electron chi connectivity index (χ1n) is 10.7. The molecule has 3 heterocycles. The van der Waals surface area contributed by atoms with Gasteiger partial charge in [-0.1, -0.05) is 11.2 Å². The number of fused-ring (bicyclic) bond motifs is 1. The van der Waals surface area contributed by atoms with Crippen LogP contribution in [0.2, 0.25) is 0 Å². The number of piperazine rings is 1. The van der Waals surface area contributed by atoms with Gasteiger partial charge in [-0.3, -0.25) is 9.80 Å². The van der Waals surface area contributed by atoms with Gasteiger partial charge in [0.05, 0.1) is 13.2 Å². The van der Waals surface area contributed by atoms with E-state index in [9.17, 15) is 0 Å². The van der Waals surface area contributed by atoms with Gasteiger partial charge in [-0.15, -0.1) is 0 Å². The van der Waals surface area contributed by atoms with E-state index in [0.29, 0.717) is 31.7 Å². The second-order valence-electron chi connectivity index (χ2n) is 7.71. The smallest absolute Gasteiger partial charge is 0.241 e. The normalized spacial score (nSPS) is 16.5. The first kappa shape index (κ1) is 19.8. The van der Waals surface area contributed by atoms with Crippen LogP contribution in [-0.4, -0.2) is 59.5 Å². The minimum absolute atomic E-state index is 0.313. The Balaban J connectivity index is 1.12. The maximum atomic E-state index is 5.49. The van der Waals surface area contributed by atoms with Crippen LogP contribution in [0.25, 0.3) is 11.4 Å². The van der Waals surface area contributed by atoms with E-state index in [1.165, 1.54) is 5.56 Å². The van der Waals surface area contributed by atoms with Crippen LogP contribution in [0, 0.1) is 0 Å². The highest BCUT2D eigenvalue weighted by molar-refractivity contribution is 5.55. The molecule has 1 aromatic heterocycles. The molecule has 3 aromatic rings. The molecule has 0 radical (unpaired) electrons. The third kappa shape index (κ3) is 4.65. The van der Waals surface area contributed by atoms with Crippen LogP contribution in [0.1, 0.15) is 18.4 Å². The van der Waals surface area contributed by atoms with Crippen LogP contribution in [0.3, 0.4) is 0 Å². The quantitative estimate of drug-likeness (QED) is 0.575. The summed E-state index contributed by atoms with van der Waals surface area (Å²) in [5.41, 5.74) is 2.17. The molecule has 2 aliphatic rings. The monoisotopic (exact) mass is 422 g/mol. The molecule has 2 aromatic carbocycles. The lowest BCUT2D eigenvalue weighted by molar-refractivity contribution is 0.112. The Morgan fingerprint density at radius 3 is 2.42 bits per heavy atom. The van der Waals surface area contributed by atoms with Crippen LogP contribution in [-0.2, 0) is 13.1 Å². The summed E-state index contributed by atoms with van der Waals surface area (Å²) in [7, 11) is 0. The number of benzene rings is 2. The van der Waals surface area contributed by atoms with Gasteiger partial charge < -0.3 is 18.7 Å². The van der Waals surface area contributed by atoms with E-state index < -0.39 is 0 Å². The lowest BCUT2D eigenvalue weighted by Gasteiger charge is -2.33. The number of aromatic nitrogens is 2. The molecule has 0 saturated carbocycles. The predicted octanol–water partition coefficient (Wildman–Crippen LogP) is 3.18. The van der Waals surface area contributed by atoms with Gasteiger partial charge in [0, 0.05) is 38.3 Å². The van der Waals surface area contributed by atoms with E-state index in [1.54, 1.807) is 0 Å². The summed E-state index contributed by atoms with van der Waals surface area (Å²) in [5, 5.41) is 4.14. The summed E-state index contributed by atoms with van der Waals surface area (Å²) in [6, 6.07) is 13.9. The highest BCUT2D eigenvalue weighted by Gasteiger charge is 2.21. The molecule has 8 heteroatoms. The topological polar surface area (TPSA) is 73.1 Å². The van der Waals surface area contributed by atoms with Crippen molar-refractivity contribution in [2.45, 2.75) is 20.0 Å². The van der Waals surface area contributed by atoms with Crippen molar-refractivity contribution in [2.75, 3.05) is 39.6 Å². The molecule has 0 atom stereocenters. The molecular weight excluding hydrogens is 396 g/mol. The fraction of sp³-hybridized carbons (Fsp3) is 0.391. The molecule has 0 bridgehead atoms. The van der Waals surface area contributed by atoms with Crippen LogP contribution in [0.4, 0.5) is 0 Å². The molecule has 0 N–H and O–H groups in total. The molecule has 8 nitrogen and oxygen atoms in total. The fourth-order valence-corrected chi connectivity index (χ4v) is 3.90. The average molecular weight is 422 g/mol. The number of ether oxygens (including phenoxy) is 3. The Labute approximate surface area is 181 Å². The number of nitrogens with zero attached hydrogens (tertiary/aromatic N) is 4. The first-order valence-corrected chi connectivity index (χ1v) is 10.7. The molecule has 0 aliphatic carbocycles. The summed E-state index contributed by atoms with van der Waals surface area (Å²) in [5.74, 6) is 3.77. The molecule has 0 spiro atoms. The zero-order valence-corrected chi connectivity index (χ0v) is 17.6. The SMILES string of the molecule is CCOc1ccc(-c2noc(CN3CCN(Cc4ccc5c(c4)OCO5)CC3)n2)cc1. The van der Waals surface area contributed by atoms with E-state index in [2.05, 4.69) is 32.1 Å². The van der Waals surface area contributed by atoms with Crippen LogP contribution in [0.15, 0.2) is 47.0 Å². The molecule has 162 valence electrons. The summed E-state index contributed by atoms with van der Waals surface area (Å²) in [6.07, 6.45) is 0. The van der Waals surface area contributed by atoms with Gasteiger partial charge >= 0.3 is 0 Å². The Morgan fingerprint density at radius 1 is 0.903 bits per heavy atom. The number of hydrogen-bond donors (Lipinski definition) is 0. The Morgan fingerprint density at radius 2 is 1.65 bits per heavy atom. The summed E-state index contributed by atoms with van der Waals surface area (Å²) < 4.78 is 21.8. The molecule has 0 amide bonds. The van der Waals surface area contributed by atoms with E-state index in [0.717, 1.165) is 55.5 Å². The summed E-state index contributed by atoms with van der Waals surface area (Å²) in [4.78, 5) is 9.38. The van der Waals surface area contributed by atoms with Crippen molar-refractivity contribution in [2.24, 2.45) is 0 Å². The Hall–Kier alpha value is -3.10. The van der Waals surface area contributed by atoms with Crippen molar-refractivity contribution in [3.63, 3.8) is 0 Å². The maximum Gasteiger partial charge on any atom is 0.241 e. The van der Waals surface area contributed by atoms with Crippen LogP contribution < -0.4 is 14.2 Å². The number of rotatable bonds is 7. The molecule has 0 unspecified atom stereocenters. The third-order valence-electron chi connectivity index (χ3n) is 5.56. The molecular formula is C23H26N4O4. The van der Waals surface area contributed by atoms with Gasteiger partial charge in [-0.05, 0) is 48.9 Å². The molecule has 5 rings (SSSR count). The standard InChI is InChI=1S/C23H26N4O4/c1-2-28-19-6-4-18(5-7-19)23-24-22(31-25-23)15-27-11-9-26(10-12-27)14-17-3-8-20-21(13-17)30-16-29-20/h3-8,13H,2,9-12,14-16H2,1H3. The van der Waals surface area contributed by atoms with E-state index in [-0.39, 0.29) is 0 Å². The largest absolute Gasteiger partial charge is 0.494 e. The second-order valence-corrected chi connectivity index (χ2v) is 7.71. The first-order chi connectivity index (χ1) is 15.3. The van der Waals surface area contributed by atoms with Crippen molar-refractivity contribution in [1.82, 2.24) is 19.9 Å². The van der Waals surface area contributed by atoms with Crippen molar-refractivity contribution in [3.05, 3.63) is 53.9 Å². The Bertz CT molecular complexity index is 1010. The van der Waals surface area contributed by atoms with Crippen LogP contribution in [0.5, 0.6) is 17.2 Å². The van der Waals surface area contributed by atoms with Gasteiger partial charge in [0.2, 0.25) is 18.5 Å². The highest BCUT2D eigenvalue weighted by atomic mass is 16.7. The van der Waals surface area contributed by atoms with Crippen molar-refractivity contribution >= 4 is 0 Å². The van der Waals surface area contributed by atoms with Gasteiger partial charge in [-0.25, -0.2) is 0 Å². The summed E-state index contributed by atoms with van der Waals surface area (Å²) >= 11 is 0. The third-order valence-corrected chi connectivity index (χ3v) is 5.56. The fourth-order valence-electron chi connectivity index (χ4n) is 3.90. The zero-order chi connectivity index (χ0) is 21.0. The highest BCUT2D eigenvalue weighted by Crippen LogP contribution is 2.32. The lowest BCUT2D eigenvalue weighted by Crippen LogP contribution is -2.45. The van der Waals surface area contributed by atoms with Crippen molar-refractivity contribution < 1.29 is 18.7 Å². The average Bonchev–Trinajstić information content (AvgIpc) is 3.45. The van der Waals surface area contributed by atoms with Crippen molar-refractivity contribution in [1.29, 1.82) is 0 Å². The Kier molecular flexibility index (Phi) is 5.73. The van der Waals surface area contributed by atoms with E-state index in [1.807, 2.05) is 37.3 Å². The predicted molar refractivity (Wildman–Crippen MR) is 114 cm³/mol. The number of hydrogen-bond acceptors (Lipinski definition) is 8. The lowest BCUT2D eigenvalue weighted by atomic mass is 10.1. The van der Waals surface area contributed by atoms with Gasteiger partial charge in [0.1, 0.15) is 5.75 Å². The molecule has 2 aliphatic heterocycles. The van der Waals surface area contributed by atoms with Gasteiger partial charge in [0.15, 0.2) is 11.5 Å². The molecule has 1 fully saturated rings. The second kappa shape index (κ2) is 8.95. The van der Waals surface area contributed by atoms with E-state index in [4.69, 9.17) is 18.7 Å². The van der Waals surface area contributed by atoms with Crippen LogP contribution >= 0.6 is 0 Å². The van der Waals surface area contributed by atoms with E-state index >= 15 is 0 Å². The zero-order valence-electron chi connectivity index (χ0n) is 17.6. The molecule has 1 saturated heterocycles. The summed E-state index contributed by atoms with van der Waals surface area (Å²) in [6.45, 7) is 8.42. The maximum absolute atomic E-state index is 5.49. The minimum atomic E-state index is 0.313. The minimum Gasteiger partial charge on any atom is -0.494 e. The van der Waals surface area contributed by atoms with Crippen molar-refractivity contribution in [3.8, 4) is 28.6 Å².